The number of rotatable bonds is 8. The maximum Gasteiger partial charge on any atom is 0.264 e. The average Bonchev–Trinajstić information content (AvgIpc) is 3.51. The number of benzene rings is 2. The molecular formula is C31H36BrN3O5. The van der Waals surface area contributed by atoms with Crippen LogP contribution in [0.2, 0.25) is 0 Å². The lowest BCUT2D eigenvalue weighted by Gasteiger charge is -2.29. The van der Waals surface area contributed by atoms with Crippen molar-refractivity contribution in [2.75, 3.05) is 29.5 Å². The molecule has 8 nitrogen and oxygen atoms in total. The van der Waals surface area contributed by atoms with Gasteiger partial charge in [-0.1, -0.05) is 47.1 Å². The highest BCUT2D eigenvalue weighted by molar-refractivity contribution is 9.10. The van der Waals surface area contributed by atoms with Crippen LogP contribution in [0.5, 0.6) is 0 Å². The SMILES string of the molecule is C[C@@H](/C=C/CC(=O)N1CCC[C@H]1CO)[C@]1(O)C(=O)N(Cc2cccc(N3CCCCC3=O)c2)c2ccc(Br)cc21. The molecule has 5 rings (SSSR count). The molecule has 0 aliphatic carbocycles. The third kappa shape index (κ3) is 5.34. The van der Waals surface area contributed by atoms with Gasteiger partial charge in [-0.25, -0.2) is 0 Å². The molecule has 2 aromatic carbocycles. The third-order valence-electron chi connectivity index (χ3n) is 8.40. The van der Waals surface area contributed by atoms with Gasteiger partial charge >= 0.3 is 0 Å². The van der Waals surface area contributed by atoms with Crippen molar-refractivity contribution in [3.63, 3.8) is 0 Å². The summed E-state index contributed by atoms with van der Waals surface area (Å²) in [5.41, 5.74) is 1.02. The van der Waals surface area contributed by atoms with Gasteiger partial charge in [0.15, 0.2) is 5.60 Å². The fourth-order valence-corrected chi connectivity index (χ4v) is 6.50. The topological polar surface area (TPSA) is 101 Å². The summed E-state index contributed by atoms with van der Waals surface area (Å²) < 4.78 is 0.750. The summed E-state index contributed by atoms with van der Waals surface area (Å²) in [4.78, 5) is 44.2. The fourth-order valence-electron chi connectivity index (χ4n) is 6.14. The van der Waals surface area contributed by atoms with Gasteiger partial charge in [-0.05, 0) is 61.6 Å². The van der Waals surface area contributed by atoms with Gasteiger partial charge in [-0.15, -0.1) is 0 Å². The van der Waals surface area contributed by atoms with Crippen molar-refractivity contribution >= 4 is 45.0 Å². The molecule has 2 saturated heterocycles. The number of aliphatic hydroxyl groups is 2. The van der Waals surface area contributed by atoms with Crippen LogP contribution in [0.4, 0.5) is 11.4 Å². The summed E-state index contributed by atoms with van der Waals surface area (Å²) in [7, 11) is 0. The van der Waals surface area contributed by atoms with Crippen molar-refractivity contribution in [3.05, 3.63) is 70.2 Å². The van der Waals surface area contributed by atoms with Crippen LogP contribution in [0.25, 0.3) is 0 Å². The summed E-state index contributed by atoms with van der Waals surface area (Å²) in [6.45, 7) is 3.31. The number of hydrogen-bond acceptors (Lipinski definition) is 5. The number of carbonyl (C=O) groups is 3. The molecule has 2 aromatic rings. The Kier molecular flexibility index (Phi) is 8.44. The van der Waals surface area contributed by atoms with Gasteiger partial charge in [0.2, 0.25) is 11.8 Å². The van der Waals surface area contributed by atoms with E-state index in [2.05, 4.69) is 15.9 Å². The number of carbonyl (C=O) groups excluding carboxylic acids is 3. The highest BCUT2D eigenvalue weighted by Gasteiger charge is 2.52. The zero-order chi connectivity index (χ0) is 28.4. The van der Waals surface area contributed by atoms with Gasteiger partial charge in [-0.2, -0.15) is 0 Å². The second-order valence-electron chi connectivity index (χ2n) is 11.0. The minimum atomic E-state index is -1.81. The van der Waals surface area contributed by atoms with Gasteiger partial charge in [0.05, 0.1) is 24.9 Å². The number of fused-ring (bicyclic) bond motifs is 1. The lowest BCUT2D eigenvalue weighted by Crippen LogP contribution is -2.44. The number of halogens is 1. The lowest BCUT2D eigenvalue weighted by molar-refractivity contribution is -0.139. The fraction of sp³-hybridized carbons (Fsp3) is 0.452. The Morgan fingerprint density at radius 2 is 1.98 bits per heavy atom. The zero-order valence-electron chi connectivity index (χ0n) is 22.8. The van der Waals surface area contributed by atoms with Crippen LogP contribution in [0.15, 0.2) is 59.1 Å². The first-order chi connectivity index (χ1) is 19.2. The molecule has 0 saturated carbocycles. The summed E-state index contributed by atoms with van der Waals surface area (Å²) >= 11 is 3.49. The van der Waals surface area contributed by atoms with E-state index in [1.807, 2.05) is 36.4 Å². The largest absolute Gasteiger partial charge is 0.394 e. The van der Waals surface area contributed by atoms with Crippen LogP contribution in [0, 0.1) is 5.92 Å². The number of nitrogens with zero attached hydrogens (tertiary/aromatic N) is 3. The van der Waals surface area contributed by atoms with E-state index in [9.17, 15) is 24.6 Å². The zero-order valence-corrected chi connectivity index (χ0v) is 24.3. The maximum atomic E-state index is 13.9. The van der Waals surface area contributed by atoms with Gasteiger partial charge in [0, 0.05) is 47.6 Å². The highest BCUT2D eigenvalue weighted by Crippen LogP contribution is 2.47. The van der Waals surface area contributed by atoms with E-state index in [1.54, 1.807) is 39.8 Å². The Hall–Kier alpha value is -3.01. The second-order valence-corrected chi connectivity index (χ2v) is 11.9. The smallest absolute Gasteiger partial charge is 0.264 e. The van der Waals surface area contributed by atoms with E-state index < -0.39 is 17.4 Å². The van der Waals surface area contributed by atoms with Crippen molar-refractivity contribution in [2.45, 2.75) is 63.6 Å². The summed E-state index contributed by atoms with van der Waals surface area (Å²) in [5.74, 6) is -0.985. The van der Waals surface area contributed by atoms with Crippen molar-refractivity contribution in [2.24, 2.45) is 5.92 Å². The van der Waals surface area contributed by atoms with Gasteiger partial charge in [0.1, 0.15) is 0 Å². The molecule has 0 radical (unpaired) electrons. The minimum Gasteiger partial charge on any atom is -0.394 e. The van der Waals surface area contributed by atoms with Crippen molar-refractivity contribution in [1.29, 1.82) is 0 Å². The molecule has 3 amide bonds. The van der Waals surface area contributed by atoms with E-state index in [4.69, 9.17) is 0 Å². The summed E-state index contributed by atoms with van der Waals surface area (Å²) in [5, 5.41) is 21.5. The molecule has 2 fully saturated rings. The third-order valence-corrected chi connectivity index (χ3v) is 8.90. The quantitative estimate of drug-likeness (QED) is 0.435. The first kappa shape index (κ1) is 28.5. The summed E-state index contributed by atoms with van der Waals surface area (Å²) in [6, 6.07) is 13.0. The number of hydrogen-bond donors (Lipinski definition) is 2. The van der Waals surface area contributed by atoms with Gasteiger partial charge in [-0.3, -0.25) is 14.4 Å². The highest BCUT2D eigenvalue weighted by atomic mass is 79.9. The molecule has 3 heterocycles. The van der Waals surface area contributed by atoms with E-state index in [0.717, 1.165) is 41.4 Å². The van der Waals surface area contributed by atoms with Gasteiger partial charge < -0.3 is 24.9 Å². The Bertz CT molecular complexity index is 1330. The molecule has 9 heteroatoms. The van der Waals surface area contributed by atoms with E-state index in [1.165, 1.54) is 0 Å². The Morgan fingerprint density at radius 3 is 2.75 bits per heavy atom. The molecule has 3 aliphatic heterocycles. The molecule has 0 bridgehead atoms. The molecular weight excluding hydrogens is 574 g/mol. The van der Waals surface area contributed by atoms with Crippen LogP contribution in [0.1, 0.15) is 56.6 Å². The minimum absolute atomic E-state index is 0.0428. The van der Waals surface area contributed by atoms with Crippen molar-refractivity contribution < 1.29 is 24.6 Å². The Labute approximate surface area is 243 Å². The van der Waals surface area contributed by atoms with E-state index in [0.29, 0.717) is 30.8 Å². The second kappa shape index (κ2) is 11.8. The molecule has 0 aromatic heterocycles. The predicted octanol–water partition coefficient (Wildman–Crippen LogP) is 4.27. The van der Waals surface area contributed by atoms with Crippen LogP contribution >= 0.6 is 15.9 Å². The van der Waals surface area contributed by atoms with Gasteiger partial charge in [0.25, 0.3) is 5.91 Å². The standard InChI is InChI=1S/C31H36BrN3O5/c1-21(7-4-12-29(38)34-16-6-10-25(34)20-36)31(40)26-18-23(32)13-14-27(26)35(30(31)39)19-22-8-5-9-24(17-22)33-15-3-2-11-28(33)37/h4-5,7-9,13-14,17-18,21,25,36,40H,2-3,6,10-12,15-16,19-20H2,1H3/b7-4+/t21-,25-,31+/m0/s1. The van der Waals surface area contributed by atoms with E-state index in [-0.39, 0.29) is 37.4 Å². The molecule has 3 atom stereocenters. The molecule has 0 spiro atoms. The average molecular weight is 611 g/mol. The number of likely N-dealkylation sites (tertiary alicyclic amines) is 1. The normalized spacial score (nSPS) is 23.8. The van der Waals surface area contributed by atoms with Crippen molar-refractivity contribution in [1.82, 2.24) is 4.90 Å². The maximum absolute atomic E-state index is 13.9. The van der Waals surface area contributed by atoms with Crippen LogP contribution < -0.4 is 9.80 Å². The van der Waals surface area contributed by atoms with Crippen molar-refractivity contribution in [3.8, 4) is 0 Å². The van der Waals surface area contributed by atoms with Crippen LogP contribution in [-0.2, 0) is 26.5 Å². The first-order valence-corrected chi connectivity index (χ1v) is 14.8. The molecule has 40 heavy (non-hydrogen) atoms. The Morgan fingerprint density at radius 1 is 1.15 bits per heavy atom. The number of aliphatic hydroxyl groups excluding tert-OH is 1. The number of amides is 3. The lowest BCUT2D eigenvalue weighted by atomic mass is 9.83. The molecule has 0 unspecified atom stereocenters. The molecule has 2 N–H and O–H groups in total. The van der Waals surface area contributed by atoms with E-state index >= 15 is 0 Å². The number of piperidine rings is 1. The monoisotopic (exact) mass is 609 g/mol. The molecule has 212 valence electrons. The van der Waals surface area contributed by atoms with Crippen LogP contribution in [-0.4, -0.2) is 58.6 Å². The summed E-state index contributed by atoms with van der Waals surface area (Å²) in [6.07, 6.45) is 7.68. The molecule has 3 aliphatic rings. The Balaban J connectivity index is 1.36. The first-order valence-electron chi connectivity index (χ1n) is 14.0. The predicted molar refractivity (Wildman–Crippen MR) is 157 cm³/mol. The van der Waals surface area contributed by atoms with Crippen LogP contribution in [0.3, 0.4) is 0 Å². The number of anilines is 2.